The minimum Gasteiger partial charge on any atom is -0.396 e. The van der Waals surface area contributed by atoms with E-state index in [1.807, 2.05) is 20.0 Å². The highest BCUT2D eigenvalue weighted by Crippen LogP contribution is 2.47. The number of fused-ring (bicyclic) bond motifs is 1. The lowest BCUT2D eigenvalue weighted by atomic mass is 10.0. The Morgan fingerprint density at radius 1 is 1.52 bits per heavy atom. The fraction of sp³-hybridized carbons (Fsp3) is 0.533. The first-order valence-electron chi connectivity index (χ1n) is 7.23. The fourth-order valence-corrected chi connectivity index (χ4v) is 2.73. The van der Waals surface area contributed by atoms with Crippen LogP contribution in [-0.4, -0.2) is 38.9 Å². The Labute approximate surface area is 123 Å². The van der Waals surface area contributed by atoms with E-state index in [0.29, 0.717) is 12.1 Å². The van der Waals surface area contributed by atoms with Gasteiger partial charge in [-0.05, 0) is 37.7 Å². The minimum atomic E-state index is -0.114. The highest BCUT2D eigenvalue weighted by atomic mass is 16.3. The molecular formula is C15H20N4O2. The maximum atomic E-state index is 12.2. The van der Waals surface area contributed by atoms with E-state index < -0.39 is 0 Å². The Morgan fingerprint density at radius 2 is 2.29 bits per heavy atom. The lowest BCUT2D eigenvalue weighted by Crippen LogP contribution is -2.30. The van der Waals surface area contributed by atoms with Crippen LogP contribution in [0.5, 0.6) is 0 Å². The SMILES string of the molecule is Cc1nn(C)c2ncc(C(=O)NCC3(CCO)CC3)cc12. The average molecular weight is 288 g/mol. The summed E-state index contributed by atoms with van der Waals surface area (Å²) < 4.78 is 1.72. The molecule has 1 saturated carbocycles. The zero-order chi connectivity index (χ0) is 15.0. The van der Waals surface area contributed by atoms with Crippen LogP contribution in [0.25, 0.3) is 11.0 Å². The second-order valence-electron chi connectivity index (χ2n) is 5.96. The van der Waals surface area contributed by atoms with Crippen molar-refractivity contribution in [2.24, 2.45) is 12.5 Å². The van der Waals surface area contributed by atoms with E-state index in [4.69, 9.17) is 5.11 Å². The molecule has 0 saturated heterocycles. The number of hydrogen-bond acceptors (Lipinski definition) is 4. The summed E-state index contributed by atoms with van der Waals surface area (Å²) in [5, 5.41) is 17.2. The number of carbonyl (C=O) groups is 1. The molecule has 0 atom stereocenters. The van der Waals surface area contributed by atoms with Crippen molar-refractivity contribution in [2.45, 2.75) is 26.2 Å². The molecule has 1 aliphatic carbocycles. The molecule has 1 amide bonds. The van der Waals surface area contributed by atoms with E-state index in [9.17, 15) is 4.79 Å². The number of aliphatic hydroxyl groups is 1. The number of aliphatic hydroxyl groups excluding tert-OH is 1. The molecule has 2 aromatic rings. The van der Waals surface area contributed by atoms with Crippen LogP contribution < -0.4 is 5.32 Å². The Bertz CT molecular complexity index is 688. The quantitative estimate of drug-likeness (QED) is 0.865. The zero-order valence-corrected chi connectivity index (χ0v) is 12.4. The number of nitrogens with one attached hydrogen (secondary N) is 1. The number of aromatic nitrogens is 3. The van der Waals surface area contributed by atoms with Crippen LogP contribution >= 0.6 is 0 Å². The predicted octanol–water partition coefficient (Wildman–Crippen LogP) is 1.17. The normalized spacial score (nSPS) is 16.1. The summed E-state index contributed by atoms with van der Waals surface area (Å²) in [5.41, 5.74) is 2.32. The third-order valence-corrected chi connectivity index (χ3v) is 4.35. The van der Waals surface area contributed by atoms with Gasteiger partial charge in [0.15, 0.2) is 5.65 Å². The van der Waals surface area contributed by atoms with Crippen LogP contribution in [0.2, 0.25) is 0 Å². The Morgan fingerprint density at radius 3 is 2.95 bits per heavy atom. The van der Waals surface area contributed by atoms with Gasteiger partial charge in [0.05, 0.1) is 11.3 Å². The van der Waals surface area contributed by atoms with Gasteiger partial charge in [0.2, 0.25) is 0 Å². The van der Waals surface area contributed by atoms with Crippen LogP contribution in [0.15, 0.2) is 12.3 Å². The third kappa shape index (κ3) is 2.63. The molecule has 1 fully saturated rings. The van der Waals surface area contributed by atoms with Gasteiger partial charge >= 0.3 is 0 Å². The lowest BCUT2D eigenvalue weighted by molar-refractivity contribution is 0.0940. The number of carbonyl (C=O) groups excluding carboxylic acids is 1. The van der Waals surface area contributed by atoms with Gasteiger partial charge in [0.25, 0.3) is 5.91 Å². The summed E-state index contributed by atoms with van der Waals surface area (Å²) in [6, 6.07) is 1.84. The molecule has 0 aliphatic heterocycles. The van der Waals surface area contributed by atoms with Crippen LogP contribution in [0.4, 0.5) is 0 Å². The van der Waals surface area contributed by atoms with Gasteiger partial charge in [-0.1, -0.05) is 0 Å². The molecular weight excluding hydrogens is 268 g/mol. The van der Waals surface area contributed by atoms with Gasteiger partial charge in [-0.25, -0.2) is 4.98 Å². The average Bonchev–Trinajstić information content (AvgIpc) is 3.18. The van der Waals surface area contributed by atoms with Crippen molar-refractivity contribution in [3.63, 3.8) is 0 Å². The summed E-state index contributed by atoms with van der Waals surface area (Å²) in [6.45, 7) is 2.71. The smallest absolute Gasteiger partial charge is 0.252 e. The second kappa shape index (κ2) is 5.11. The molecule has 0 unspecified atom stereocenters. The van der Waals surface area contributed by atoms with Crippen LogP contribution in [-0.2, 0) is 7.05 Å². The molecule has 6 nitrogen and oxygen atoms in total. The van der Waals surface area contributed by atoms with E-state index in [2.05, 4.69) is 15.4 Å². The van der Waals surface area contributed by atoms with Crippen LogP contribution in [0.3, 0.4) is 0 Å². The monoisotopic (exact) mass is 288 g/mol. The summed E-state index contributed by atoms with van der Waals surface area (Å²) in [6.07, 6.45) is 4.50. The summed E-state index contributed by atoms with van der Waals surface area (Å²) in [7, 11) is 1.84. The standard InChI is InChI=1S/C15H20N4O2/c1-10-12-7-11(8-16-13(12)19(2)18-10)14(21)17-9-15(3-4-15)5-6-20/h7-8,20H,3-6,9H2,1-2H3,(H,17,21). The van der Waals surface area contributed by atoms with E-state index >= 15 is 0 Å². The largest absolute Gasteiger partial charge is 0.396 e. The van der Waals surface area contributed by atoms with E-state index in [1.54, 1.807) is 10.9 Å². The van der Waals surface area contributed by atoms with E-state index in [1.165, 1.54) is 0 Å². The number of nitrogens with zero attached hydrogens (tertiary/aromatic N) is 3. The molecule has 6 heteroatoms. The highest BCUT2D eigenvalue weighted by Gasteiger charge is 2.41. The zero-order valence-electron chi connectivity index (χ0n) is 12.4. The van der Waals surface area contributed by atoms with Gasteiger partial charge in [0, 0.05) is 31.8 Å². The van der Waals surface area contributed by atoms with Crippen molar-refractivity contribution >= 4 is 16.9 Å². The number of rotatable bonds is 5. The summed E-state index contributed by atoms with van der Waals surface area (Å²) in [4.78, 5) is 16.6. The molecule has 0 spiro atoms. The maximum absolute atomic E-state index is 12.2. The van der Waals surface area contributed by atoms with Gasteiger partial charge in [-0.15, -0.1) is 0 Å². The molecule has 2 heterocycles. The van der Waals surface area contributed by atoms with Crippen molar-refractivity contribution in [3.05, 3.63) is 23.5 Å². The van der Waals surface area contributed by atoms with Crippen LogP contribution in [0.1, 0.15) is 35.3 Å². The first kappa shape index (κ1) is 14.0. The summed E-state index contributed by atoms with van der Waals surface area (Å²) in [5.74, 6) is -0.114. The van der Waals surface area contributed by atoms with Crippen molar-refractivity contribution in [1.82, 2.24) is 20.1 Å². The van der Waals surface area contributed by atoms with Gasteiger partial charge < -0.3 is 10.4 Å². The van der Waals surface area contributed by atoms with Crippen molar-refractivity contribution in [3.8, 4) is 0 Å². The molecule has 3 rings (SSSR count). The molecule has 112 valence electrons. The van der Waals surface area contributed by atoms with Gasteiger partial charge in [0.1, 0.15) is 0 Å². The topological polar surface area (TPSA) is 80.0 Å². The molecule has 2 aromatic heterocycles. The number of amides is 1. The first-order valence-corrected chi connectivity index (χ1v) is 7.23. The fourth-order valence-electron chi connectivity index (χ4n) is 2.73. The number of aryl methyl sites for hydroxylation is 2. The minimum absolute atomic E-state index is 0.114. The molecule has 21 heavy (non-hydrogen) atoms. The predicted molar refractivity (Wildman–Crippen MR) is 78.9 cm³/mol. The molecule has 1 aliphatic rings. The second-order valence-corrected chi connectivity index (χ2v) is 5.96. The third-order valence-electron chi connectivity index (χ3n) is 4.35. The molecule has 0 radical (unpaired) electrons. The van der Waals surface area contributed by atoms with Crippen molar-refractivity contribution < 1.29 is 9.90 Å². The Kier molecular flexibility index (Phi) is 3.41. The van der Waals surface area contributed by atoms with Crippen molar-refractivity contribution in [1.29, 1.82) is 0 Å². The number of hydrogen-bond donors (Lipinski definition) is 2. The van der Waals surface area contributed by atoms with E-state index in [0.717, 1.165) is 36.0 Å². The van der Waals surface area contributed by atoms with Gasteiger partial charge in [-0.3, -0.25) is 9.48 Å². The Hall–Kier alpha value is -1.95. The first-order chi connectivity index (χ1) is 10.0. The lowest BCUT2D eigenvalue weighted by Gasteiger charge is -2.14. The highest BCUT2D eigenvalue weighted by molar-refractivity contribution is 5.97. The van der Waals surface area contributed by atoms with Crippen LogP contribution in [0, 0.1) is 12.3 Å². The van der Waals surface area contributed by atoms with Gasteiger partial charge in [-0.2, -0.15) is 5.10 Å². The van der Waals surface area contributed by atoms with E-state index in [-0.39, 0.29) is 17.9 Å². The molecule has 0 bridgehead atoms. The molecule has 0 aromatic carbocycles. The maximum Gasteiger partial charge on any atom is 0.252 e. The number of pyridine rings is 1. The Balaban J connectivity index is 1.74. The van der Waals surface area contributed by atoms with Crippen molar-refractivity contribution in [2.75, 3.05) is 13.2 Å². The summed E-state index contributed by atoms with van der Waals surface area (Å²) >= 11 is 0. The molecule has 2 N–H and O–H groups in total.